The lowest BCUT2D eigenvalue weighted by molar-refractivity contribution is 0.237. The number of anilines is 1. The van der Waals surface area contributed by atoms with Gasteiger partial charge in [0.15, 0.2) is 11.5 Å². The first kappa shape index (κ1) is 27.1. The Morgan fingerprint density at radius 1 is 1.07 bits per heavy atom. The number of methoxy groups -OCH3 is 1. The van der Waals surface area contributed by atoms with Gasteiger partial charge in [0.1, 0.15) is 11.4 Å². The molecule has 0 radical (unpaired) electrons. The van der Waals surface area contributed by atoms with Crippen LogP contribution in [-0.2, 0) is 16.6 Å². The van der Waals surface area contributed by atoms with Gasteiger partial charge in [0, 0.05) is 38.2 Å². The summed E-state index contributed by atoms with van der Waals surface area (Å²) < 4.78 is 35.1. The van der Waals surface area contributed by atoms with E-state index < -0.39 is 10.0 Å². The van der Waals surface area contributed by atoms with Crippen LogP contribution in [0.3, 0.4) is 0 Å². The number of piperidine rings is 1. The second kappa shape index (κ2) is 11.4. The predicted octanol–water partition coefficient (Wildman–Crippen LogP) is 3.09. The lowest BCUT2D eigenvalue weighted by Gasteiger charge is -2.26. The maximum Gasteiger partial charge on any atom is 0.209 e. The van der Waals surface area contributed by atoms with Crippen molar-refractivity contribution in [3.63, 3.8) is 0 Å². The van der Waals surface area contributed by atoms with E-state index in [1.807, 2.05) is 47.4 Å². The Bertz CT molecular complexity index is 1790. The fraction of sp³-hybridized carbons (Fsp3) is 0.357. The van der Waals surface area contributed by atoms with E-state index in [1.165, 1.54) is 19.3 Å². The zero-order valence-electron chi connectivity index (χ0n) is 23.1. The van der Waals surface area contributed by atoms with Crippen LogP contribution in [0.2, 0.25) is 0 Å². The van der Waals surface area contributed by atoms with Crippen LogP contribution >= 0.6 is 0 Å². The number of aromatic nitrogens is 6. The van der Waals surface area contributed by atoms with Crippen LogP contribution < -0.4 is 14.8 Å². The molecule has 0 bridgehead atoms. The maximum absolute atomic E-state index is 11.6. The second-order valence-corrected chi connectivity index (χ2v) is 12.1. The van der Waals surface area contributed by atoms with E-state index in [0.29, 0.717) is 11.4 Å². The van der Waals surface area contributed by atoms with E-state index in [9.17, 15) is 8.42 Å². The Morgan fingerprint density at radius 3 is 2.73 bits per heavy atom. The third-order valence-electron chi connectivity index (χ3n) is 7.30. The van der Waals surface area contributed by atoms with Crippen molar-refractivity contribution < 1.29 is 13.2 Å². The van der Waals surface area contributed by atoms with E-state index in [0.717, 1.165) is 71.7 Å². The van der Waals surface area contributed by atoms with Crippen molar-refractivity contribution in [3.05, 3.63) is 60.7 Å². The van der Waals surface area contributed by atoms with Crippen LogP contribution in [0.4, 0.5) is 5.82 Å². The summed E-state index contributed by atoms with van der Waals surface area (Å²) in [6.45, 7) is 4.13. The number of fused-ring (bicyclic) bond motifs is 2. The second-order valence-electron chi connectivity index (χ2n) is 10.2. The number of hydrogen-bond acceptors (Lipinski definition) is 9. The summed E-state index contributed by atoms with van der Waals surface area (Å²) in [4.78, 5) is 11.8. The zero-order valence-corrected chi connectivity index (χ0v) is 23.9. The third-order valence-corrected chi connectivity index (χ3v) is 7.97. The van der Waals surface area contributed by atoms with Crippen LogP contribution in [0.15, 0.2) is 55.1 Å². The predicted molar refractivity (Wildman–Crippen MR) is 158 cm³/mol. The van der Waals surface area contributed by atoms with Gasteiger partial charge in [0.25, 0.3) is 0 Å². The van der Waals surface area contributed by atoms with E-state index in [2.05, 4.69) is 25.0 Å². The van der Waals surface area contributed by atoms with Crippen LogP contribution in [0.25, 0.3) is 33.5 Å². The fourth-order valence-electron chi connectivity index (χ4n) is 5.22. The summed E-state index contributed by atoms with van der Waals surface area (Å²) in [5.41, 5.74) is 4.58. The first-order valence-corrected chi connectivity index (χ1v) is 15.5. The number of rotatable bonds is 10. The Morgan fingerprint density at radius 2 is 1.93 bits per heavy atom. The van der Waals surface area contributed by atoms with E-state index in [4.69, 9.17) is 14.8 Å². The Balaban J connectivity index is 1.40. The molecule has 5 heterocycles. The van der Waals surface area contributed by atoms with E-state index in [1.54, 1.807) is 24.0 Å². The molecule has 0 atom stereocenters. The van der Waals surface area contributed by atoms with Crippen molar-refractivity contribution in [2.75, 3.05) is 44.9 Å². The van der Waals surface area contributed by atoms with Crippen molar-refractivity contribution >= 4 is 32.4 Å². The number of sulfonamides is 1. The largest absolute Gasteiger partial charge is 0.494 e. The molecule has 12 nitrogen and oxygen atoms in total. The summed E-state index contributed by atoms with van der Waals surface area (Å²) in [5.74, 6) is 1.30. The van der Waals surface area contributed by atoms with Crippen molar-refractivity contribution in [1.29, 1.82) is 0 Å². The fourth-order valence-corrected chi connectivity index (χ4v) is 5.65. The topological polar surface area (TPSA) is 132 Å². The van der Waals surface area contributed by atoms with Crippen molar-refractivity contribution in [3.8, 4) is 22.7 Å². The van der Waals surface area contributed by atoms with Crippen molar-refractivity contribution in [2.45, 2.75) is 25.8 Å². The molecule has 0 saturated carbocycles. The summed E-state index contributed by atoms with van der Waals surface area (Å²) in [6.07, 6.45) is 12.1. The molecule has 0 amide bonds. The Hall–Kier alpha value is -4.07. The van der Waals surface area contributed by atoms with Crippen LogP contribution in [0.5, 0.6) is 5.75 Å². The van der Waals surface area contributed by atoms with Gasteiger partial charge in [-0.25, -0.2) is 27.3 Å². The molecule has 41 heavy (non-hydrogen) atoms. The molecule has 1 aliphatic rings. The van der Waals surface area contributed by atoms with E-state index >= 15 is 0 Å². The van der Waals surface area contributed by atoms with Gasteiger partial charge in [-0.05, 0) is 55.8 Å². The molecular weight excluding hydrogens is 542 g/mol. The number of benzene rings is 1. The lowest BCUT2D eigenvalue weighted by atomic mass is 10.1. The highest BCUT2D eigenvalue weighted by atomic mass is 32.2. The van der Waals surface area contributed by atoms with Crippen molar-refractivity contribution in [2.24, 2.45) is 0 Å². The molecule has 2 N–H and O–H groups in total. The molecule has 0 spiro atoms. The van der Waals surface area contributed by atoms with Gasteiger partial charge in [0.2, 0.25) is 10.0 Å². The normalized spacial score (nSPS) is 14.6. The van der Waals surface area contributed by atoms with Gasteiger partial charge < -0.3 is 15.0 Å². The molecule has 1 aliphatic heterocycles. The Labute approximate surface area is 238 Å². The molecule has 1 fully saturated rings. The molecule has 5 aromatic rings. The lowest BCUT2D eigenvalue weighted by Crippen LogP contribution is -2.33. The average molecular weight is 576 g/mol. The minimum atomic E-state index is -3.33. The third kappa shape index (κ3) is 5.87. The van der Waals surface area contributed by atoms with Gasteiger partial charge in [-0.15, -0.1) is 5.10 Å². The monoisotopic (exact) mass is 575 g/mol. The molecule has 0 unspecified atom stereocenters. The number of nitrogens with zero attached hydrogens (tertiary/aromatic N) is 7. The highest BCUT2D eigenvalue weighted by molar-refractivity contribution is 7.88. The molecule has 6 rings (SSSR count). The first-order valence-electron chi connectivity index (χ1n) is 13.7. The molecular formula is C28H33N9O3S. The maximum atomic E-state index is 11.6. The van der Waals surface area contributed by atoms with Crippen LogP contribution in [-0.4, -0.2) is 82.2 Å². The summed E-state index contributed by atoms with van der Waals surface area (Å²) in [5, 5.41) is 13.8. The van der Waals surface area contributed by atoms with Crippen LogP contribution in [0, 0.1) is 0 Å². The molecule has 0 aliphatic carbocycles. The molecule has 13 heteroatoms. The van der Waals surface area contributed by atoms with E-state index in [-0.39, 0.29) is 6.54 Å². The minimum Gasteiger partial charge on any atom is -0.494 e. The standard InChI is InChI=1S/C28H33N9O3S/c1-40-26-15-20(17-33-41(2,38)39)7-8-24(26)37-25-16-23(21-19-32-36-13-6-9-30-28(21)36)31-18-22(25)27(34-37)29-10-14-35-11-4-3-5-12-35/h6-9,13,15-16,18-19,33H,3-5,10-12,14,17H2,1-2H3,(H,29,34). The molecule has 1 aromatic carbocycles. The van der Waals surface area contributed by atoms with Gasteiger partial charge in [-0.3, -0.25) is 4.98 Å². The SMILES string of the molecule is COc1cc(CNS(C)(=O)=O)ccc1-n1nc(NCCN2CCCCC2)c2cnc(-c3cnn4cccnc34)cc21. The molecule has 1 saturated heterocycles. The number of ether oxygens (including phenoxy) is 1. The number of pyridine rings is 1. The summed E-state index contributed by atoms with van der Waals surface area (Å²) in [7, 11) is -1.74. The number of nitrogens with one attached hydrogen (secondary N) is 2. The highest BCUT2D eigenvalue weighted by Gasteiger charge is 2.19. The zero-order chi connectivity index (χ0) is 28.4. The molecule has 4 aromatic heterocycles. The van der Waals surface area contributed by atoms with Gasteiger partial charge in [0.05, 0.1) is 41.7 Å². The number of hydrogen-bond donors (Lipinski definition) is 2. The van der Waals surface area contributed by atoms with Gasteiger partial charge in [-0.1, -0.05) is 12.5 Å². The average Bonchev–Trinajstić information content (AvgIpc) is 3.57. The Kier molecular flexibility index (Phi) is 7.56. The quantitative estimate of drug-likeness (QED) is 0.258. The minimum absolute atomic E-state index is 0.161. The van der Waals surface area contributed by atoms with Gasteiger partial charge >= 0.3 is 0 Å². The highest BCUT2D eigenvalue weighted by Crippen LogP contribution is 2.33. The first-order chi connectivity index (χ1) is 19.9. The van der Waals surface area contributed by atoms with Crippen molar-refractivity contribution in [1.82, 2.24) is 39.0 Å². The van der Waals surface area contributed by atoms with Gasteiger partial charge in [-0.2, -0.15) is 5.10 Å². The number of likely N-dealkylation sites (tertiary alicyclic amines) is 1. The summed E-state index contributed by atoms with van der Waals surface area (Å²) >= 11 is 0. The van der Waals surface area contributed by atoms with Crippen LogP contribution in [0.1, 0.15) is 24.8 Å². The molecule has 214 valence electrons. The summed E-state index contributed by atoms with van der Waals surface area (Å²) in [6, 6.07) is 9.40. The smallest absolute Gasteiger partial charge is 0.209 e.